The second-order valence-corrected chi connectivity index (χ2v) is 21.3. The molecule has 0 radical (unpaired) electrons. The van der Waals surface area contributed by atoms with Crippen LogP contribution < -0.4 is 0 Å². The van der Waals surface area contributed by atoms with Gasteiger partial charge in [-0.1, -0.05) is 281 Å². The van der Waals surface area contributed by atoms with E-state index in [1.807, 2.05) is 6.08 Å². The number of unbranched alkanes of at least 4 members (excludes halogenated alkanes) is 21. The summed E-state index contributed by atoms with van der Waals surface area (Å²) in [7, 11) is 0. The number of ether oxygens (including phenoxy) is 3. The Balaban J connectivity index is 4.44. The highest BCUT2D eigenvalue weighted by molar-refractivity contribution is 5.71. The maximum Gasteiger partial charge on any atom is 0.306 e. The zero-order chi connectivity index (χ0) is 58.5. The molecule has 0 heterocycles. The Hall–Kier alpha value is -4.97. The van der Waals surface area contributed by atoms with Gasteiger partial charge < -0.3 is 14.2 Å². The van der Waals surface area contributed by atoms with Crippen LogP contribution in [0.3, 0.4) is 0 Å². The quantitative estimate of drug-likeness (QED) is 0.0261. The number of esters is 3. The number of carbonyl (C=O) groups is 3. The summed E-state index contributed by atoms with van der Waals surface area (Å²) in [4.78, 5) is 38.3. The first-order chi connectivity index (χ1) is 40.0. The average molecular weight is 1120 g/mol. The fourth-order valence-corrected chi connectivity index (χ4v) is 8.64. The standard InChI is InChI=1S/C75H120O6/c1-4-7-10-13-16-19-22-25-27-29-31-33-34-35-36-37-38-39-40-42-43-45-47-50-53-56-59-62-65-68-74(77)80-71-72(70-79-73(76)67-64-61-58-55-52-49-24-21-18-15-12-9-6-3)81-75(78)69-66-63-60-57-54-51-48-46-44-41-32-30-28-26-23-20-17-14-11-8-5-2/h7,9-10,12,16,18-19,21,25,27,30-33,35-36,38-39,42-43,47,49-50,52,58,61,72H,4-6,8,11,13-15,17,20,22-24,26,28-29,34,37,40-41,44-46,48,51,53-57,59-60,62-71H2,1-3H3/b10-7-,12-9-,19-16-,21-18-,27-25-,32-30-,33-31-,36-35-,39-38-,43-42-,50-47-,52-49-,61-58-. The monoisotopic (exact) mass is 1120 g/mol. The van der Waals surface area contributed by atoms with Crippen LogP contribution in [0, 0.1) is 0 Å². The van der Waals surface area contributed by atoms with Crippen LogP contribution in [0.1, 0.15) is 278 Å². The van der Waals surface area contributed by atoms with E-state index in [9.17, 15) is 14.4 Å². The first-order valence-corrected chi connectivity index (χ1v) is 33.0. The van der Waals surface area contributed by atoms with Gasteiger partial charge in [0.25, 0.3) is 0 Å². The number of hydrogen-bond donors (Lipinski definition) is 0. The minimum absolute atomic E-state index is 0.120. The van der Waals surface area contributed by atoms with E-state index in [2.05, 4.69) is 173 Å². The van der Waals surface area contributed by atoms with Crippen molar-refractivity contribution in [1.82, 2.24) is 0 Å². The van der Waals surface area contributed by atoms with Crippen molar-refractivity contribution in [2.45, 2.75) is 284 Å². The summed E-state index contributed by atoms with van der Waals surface area (Å²) < 4.78 is 16.8. The highest BCUT2D eigenvalue weighted by Gasteiger charge is 2.19. The first kappa shape index (κ1) is 76.0. The predicted molar refractivity (Wildman–Crippen MR) is 352 cm³/mol. The van der Waals surface area contributed by atoms with Crippen molar-refractivity contribution in [2.24, 2.45) is 0 Å². The third-order valence-corrected chi connectivity index (χ3v) is 13.5. The molecule has 456 valence electrons. The number of rotatable bonds is 58. The van der Waals surface area contributed by atoms with E-state index in [0.717, 1.165) is 128 Å². The van der Waals surface area contributed by atoms with Gasteiger partial charge in [-0.05, 0) is 135 Å². The van der Waals surface area contributed by atoms with Gasteiger partial charge in [0, 0.05) is 19.3 Å². The number of allylic oxidation sites excluding steroid dienone is 26. The van der Waals surface area contributed by atoms with Crippen molar-refractivity contribution >= 4 is 17.9 Å². The van der Waals surface area contributed by atoms with Gasteiger partial charge in [0.15, 0.2) is 6.10 Å². The molecule has 6 heteroatoms. The second-order valence-electron chi connectivity index (χ2n) is 21.3. The maximum atomic E-state index is 12.9. The molecule has 0 aliphatic heterocycles. The molecule has 0 aliphatic carbocycles. The van der Waals surface area contributed by atoms with E-state index in [-0.39, 0.29) is 37.5 Å². The van der Waals surface area contributed by atoms with Crippen LogP contribution in [0.15, 0.2) is 158 Å². The number of hydrogen-bond acceptors (Lipinski definition) is 6. The van der Waals surface area contributed by atoms with E-state index >= 15 is 0 Å². The molecule has 0 rings (SSSR count). The lowest BCUT2D eigenvalue weighted by Crippen LogP contribution is -2.30. The number of carbonyl (C=O) groups excluding carboxylic acids is 3. The summed E-state index contributed by atoms with van der Waals surface area (Å²) in [6.07, 6.45) is 98.4. The van der Waals surface area contributed by atoms with E-state index in [0.29, 0.717) is 19.3 Å². The van der Waals surface area contributed by atoms with Crippen LogP contribution in [0.25, 0.3) is 0 Å². The van der Waals surface area contributed by atoms with Crippen molar-refractivity contribution in [2.75, 3.05) is 13.2 Å². The Morgan fingerprint density at radius 3 is 0.840 bits per heavy atom. The first-order valence-electron chi connectivity index (χ1n) is 33.0. The Labute approximate surface area is 499 Å². The molecule has 0 bridgehead atoms. The fraction of sp³-hybridized carbons (Fsp3) is 0.613. The average Bonchev–Trinajstić information content (AvgIpc) is 3.46. The zero-order valence-electron chi connectivity index (χ0n) is 52.2. The largest absolute Gasteiger partial charge is 0.462 e. The van der Waals surface area contributed by atoms with Gasteiger partial charge in [-0.2, -0.15) is 0 Å². The minimum Gasteiger partial charge on any atom is -0.462 e. The lowest BCUT2D eigenvalue weighted by Gasteiger charge is -2.18. The van der Waals surface area contributed by atoms with E-state index < -0.39 is 6.10 Å². The van der Waals surface area contributed by atoms with Gasteiger partial charge >= 0.3 is 17.9 Å². The summed E-state index contributed by atoms with van der Waals surface area (Å²) in [5.41, 5.74) is 0. The molecule has 0 saturated carbocycles. The SMILES string of the molecule is CC/C=C\C/C=C\C/C=C\C/C=C\C/C=C\C/C=C\C/C=C\C/C=C\CCCCCCC(=O)OCC(COC(=O)CC/C=C\C/C=C\C/C=C\C/C=C\CC)OC(=O)CCCCCCCCCCC/C=C\CCCCCCCCCC. The van der Waals surface area contributed by atoms with Crippen LogP contribution >= 0.6 is 0 Å². The molecular weight excluding hydrogens is 997 g/mol. The molecule has 1 atom stereocenters. The zero-order valence-corrected chi connectivity index (χ0v) is 52.2. The van der Waals surface area contributed by atoms with Crippen molar-refractivity contribution in [3.8, 4) is 0 Å². The van der Waals surface area contributed by atoms with Crippen LogP contribution in [-0.2, 0) is 28.6 Å². The highest BCUT2D eigenvalue weighted by atomic mass is 16.6. The van der Waals surface area contributed by atoms with Gasteiger partial charge in [0.2, 0.25) is 0 Å². The molecular formula is C75H120O6. The summed E-state index contributed by atoms with van der Waals surface area (Å²) >= 11 is 0. The van der Waals surface area contributed by atoms with Crippen molar-refractivity contribution < 1.29 is 28.6 Å². The molecule has 0 aliphatic rings. The van der Waals surface area contributed by atoms with Gasteiger partial charge in [-0.15, -0.1) is 0 Å². The lowest BCUT2D eigenvalue weighted by atomic mass is 10.1. The Morgan fingerprint density at radius 2 is 0.506 bits per heavy atom. The van der Waals surface area contributed by atoms with Crippen LogP contribution in [-0.4, -0.2) is 37.2 Å². The van der Waals surface area contributed by atoms with Crippen molar-refractivity contribution in [3.05, 3.63) is 158 Å². The molecule has 1 unspecified atom stereocenters. The molecule has 0 fully saturated rings. The minimum atomic E-state index is -0.827. The van der Waals surface area contributed by atoms with E-state index in [1.165, 1.54) is 103 Å². The lowest BCUT2D eigenvalue weighted by molar-refractivity contribution is -0.166. The summed E-state index contributed by atoms with van der Waals surface area (Å²) in [5.74, 6) is -1.03. The summed E-state index contributed by atoms with van der Waals surface area (Å²) in [6, 6.07) is 0. The van der Waals surface area contributed by atoms with Crippen LogP contribution in [0.4, 0.5) is 0 Å². The fourth-order valence-electron chi connectivity index (χ4n) is 8.64. The van der Waals surface area contributed by atoms with Gasteiger partial charge in [-0.25, -0.2) is 0 Å². The smallest absolute Gasteiger partial charge is 0.306 e. The molecule has 0 amide bonds. The van der Waals surface area contributed by atoms with Crippen LogP contribution in [0.5, 0.6) is 0 Å². The van der Waals surface area contributed by atoms with Gasteiger partial charge in [0.1, 0.15) is 13.2 Å². The topological polar surface area (TPSA) is 78.9 Å². The van der Waals surface area contributed by atoms with E-state index in [1.54, 1.807) is 0 Å². The molecule has 0 N–H and O–H groups in total. The second kappa shape index (κ2) is 67.5. The summed E-state index contributed by atoms with van der Waals surface area (Å²) in [5, 5.41) is 0. The van der Waals surface area contributed by atoms with Crippen molar-refractivity contribution in [1.29, 1.82) is 0 Å². The predicted octanol–water partition coefficient (Wildman–Crippen LogP) is 22.9. The summed E-state index contributed by atoms with van der Waals surface area (Å²) in [6.45, 7) is 6.33. The molecule has 0 aromatic carbocycles. The third kappa shape index (κ3) is 65.7. The van der Waals surface area contributed by atoms with Crippen LogP contribution in [0.2, 0.25) is 0 Å². The van der Waals surface area contributed by atoms with Crippen molar-refractivity contribution in [3.63, 3.8) is 0 Å². The van der Waals surface area contributed by atoms with Gasteiger partial charge in [-0.3, -0.25) is 14.4 Å². The van der Waals surface area contributed by atoms with Gasteiger partial charge in [0.05, 0.1) is 0 Å². The Bertz CT molecular complexity index is 1810. The highest BCUT2D eigenvalue weighted by Crippen LogP contribution is 2.15. The molecule has 0 aromatic rings. The third-order valence-electron chi connectivity index (χ3n) is 13.5. The molecule has 0 spiro atoms. The molecule has 0 aromatic heterocycles. The normalized spacial score (nSPS) is 13.2. The maximum absolute atomic E-state index is 12.9. The molecule has 6 nitrogen and oxygen atoms in total. The molecule has 81 heavy (non-hydrogen) atoms. The Morgan fingerprint density at radius 1 is 0.259 bits per heavy atom. The van der Waals surface area contributed by atoms with E-state index in [4.69, 9.17) is 14.2 Å². The molecule has 0 saturated heterocycles. The Kier molecular flexibility index (Phi) is 63.4.